The maximum absolute atomic E-state index is 12.5. The van der Waals surface area contributed by atoms with Crippen LogP contribution >= 0.6 is 12.4 Å². The molecule has 0 bridgehead atoms. The number of amides is 1. The zero-order valence-corrected chi connectivity index (χ0v) is 10.1. The smallest absolute Gasteiger partial charge is 0.221 e. The van der Waals surface area contributed by atoms with E-state index in [9.17, 15) is 9.18 Å². The van der Waals surface area contributed by atoms with Crippen LogP contribution in [0.3, 0.4) is 0 Å². The molecule has 0 aliphatic rings. The summed E-state index contributed by atoms with van der Waals surface area (Å²) in [6.07, 6.45) is 0.316. The number of hydrogen-bond acceptors (Lipinski definition) is 3. The summed E-state index contributed by atoms with van der Waals surface area (Å²) >= 11 is 0. The lowest BCUT2D eigenvalue weighted by Crippen LogP contribution is -2.29. The van der Waals surface area contributed by atoms with E-state index >= 15 is 0 Å². The Hall–Kier alpha value is -1.33. The summed E-state index contributed by atoms with van der Waals surface area (Å²) in [6, 6.07) is 5.72. The van der Waals surface area contributed by atoms with Crippen molar-refractivity contribution in [3.8, 4) is 5.75 Å². The summed E-state index contributed by atoms with van der Waals surface area (Å²) in [5, 5.41) is 2.65. The molecule has 0 spiro atoms. The van der Waals surface area contributed by atoms with Gasteiger partial charge in [-0.3, -0.25) is 4.79 Å². The van der Waals surface area contributed by atoms with Gasteiger partial charge in [0.1, 0.15) is 18.2 Å². The summed E-state index contributed by atoms with van der Waals surface area (Å²) in [6.45, 7) is 1.10. The Kier molecular flexibility index (Phi) is 8.09. The van der Waals surface area contributed by atoms with E-state index in [0.29, 0.717) is 31.9 Å². The normalized spacial score (nSPS) is 9.29. The van der Waals surface area contributed by atoms with Gasteiger partial charge in [-0.25, -0.2) is 4.39 Å². The second-order valence-corrected chi connectivity index (χ2v) is 3.19. The minimum absolute atomic E-state index is 0. The predicted octanol–water partition coefficient (Wildman–Crippen LogP) is 1.09. The van der Waals surface area contributed by atoms with E-state index in [2.05, 4.69) is 5.32 Å². The standard InChI is InChI=1S/C11H15FN2O2.ClH/c12-9-1-3-10(4-2-9)16-8-7-14-11(15)5-6-13;/h1-4H,5-8,13H2,(H,14,15);1H. The number of hydrogen-bond donors (Lipinski definition) is 2. The number of nitrogens with one attached hydrogen (secondary N) is 1. The van der Waals surface area contributed by atoms with E-state index in [-0.39, 0.29) is 24.1 Å². The topological polar surface area (TPSA) is 64.4 Å². The molecule has 0 heterocycles. The summed E-state index contributed by atoms with van der Waals surface area (Å²) in [7, 11) is 0. The van der Waals surface area contributed by atoms with Gasteiger partial charge in [-0.05, 0) is 24.3 Å². The number of ether oxygens (including phenoxy) is 1. The molecule has 1 amide bonds. The van der Waals surface area contributed by atoms with Crippen molar-refractivity contribution in [1.29, 1.82) is 0 Å². The van der Waals surface area contributed by atoms with Crippen LogP contribution < -0.4 is 15.8 Å². The van der Waals surface area contributed by atoms with Crippen LogP contribution in [0.4, 0.5) is 4.39 Å². The predicted molar refractivity (Wildman–Crippen MR) is 65.8 cm³/mol. The van der Waals surface area contributed by atoms with Crippen LogP contribution in [-0.4, -0.2) is 25.6 Å². The number of rotatable bonds is 6. The van der Waals surface area contributed by atoms with Gasteiger partial charge < -0.3 is 15.8 Å². The van der Waals surface area contributed by atoms with Crippen molar-refractivity contribution in [2.45, 2.75) is 6.42 Å². The molecular weight excluding hydrogens is 247 g/mol. The van der Waals surface area contributed by atoms with Crippen molar-refractivity contribution >= 4 is 18.3 Å². The molecule has 6 heteroatoms. The Bertz CT molecular complexity index is 333. The third-order valence-electron chi connectivity index (χ3n) is 1.88. The first-order valence-corrected chi connectivity index (χ1v) is 5.07. The monoisotopic (exact) mass is 262 g/mol. The van der Waals surface area contributed by atoms with Crippen molar-refractivity contribution in [3.63, 3.8) is 0 Å². The van der Waals surface area contributed by atoms with Crippen LogP contribution in [-0.2, 0) is 4.79 Å². The van der Waals surface area contributed by atoms with Gasteiger partial charge in [-0.15, -0.1) is 12.4 Å². The molecule has 1 rings (SSSR count). The summed E-state index contributed by atoms with van der Waals surface area (Å²) in [4.78, 5) is 11.0. The van der Waals surface area contributed by atoms with E-state index in [1.165, 1.54) is 24.3 Å². The molecule has 4 nitrogen and oxygen atoms in total. The quantitative estimate of drug-likeness (QED) is 0.755. The fourth-order valence-corrected chi connectivity index (χ4v) is 1.11. The van der Waals surface area contributed by atoms with Gasteiger partial charge >= 0.3 is 0 Å². The first kappa shape index (κ1) is 15.7. The SMILES string of the molecule is Cl.NCCC(=O)NCCOc1ccc(F)cc1. The van der Waals surface area contributed by atoms with Gasteiger partial charge in [0.2, 0.25) is 5.91 Å². The van der Waals surface area contributed by atoms with E-state index in [1.807, 2.05) is 0 Å². The van der Waals surface area contributed by atoms with Crippen LogP contribution in [0.5, 0.6) is 5.75 Å². The number of halogens is 2. The Labute approximate surface area is 106 Å². The van der Waals surface area contributed by atoms with Gasteiger partial charge in [0.25, 0.3) is 0 Å². The highest BCUT2D eigenvalue weighted by Gasteiger charge is 1.98. The van der Waals surface area contributed by atoms with E-state index in [0.717, 1.165) is 0 Å². The van der Waals surface area contributed by atoms with Gasteiger partial charge in [-0.2, -0.15) is 0 Å². The summed E-state index contributed by atoms with van der Waals surface area (Å²) < 4.78 is 17.8. The van der Waals surface area contributed by atoms with Crippen LogP contribution in [0.2, 0.25) is 0 Å². The highest BCUT2D eigenvalue weighted by molar-refractivity contribution is 5.85. The Morgan fingerprint density at radius 1 is 1.35 bits per heavy atom. The summed E-state index contributed by atoms with van der Waals surface area (Å²) in [5.74, 6) is 0.184. The van der Waals surface area contributed by atoms with E-state index in [4.69, 9.17) is 10.5 Å². The third-order valence-corrected chi connectivity index (χ3v) is 1.88. The highest BCUT2D eigenvalue weighted by Crippen LogP contribution is 2.10. The number of nitrogens with two attached hydrogens (primary N) is 1. The maximum atomic E-state index is 12.5. The van der Waals surface area contributed by atoms with Gasteiger partial charge in [0.15, 0.2) is 0 Å². The Morgan fingerprint density at radius 2 is 2.00 bits per heavy atom. The van der Waals surface area contributed by atoms with E-state index < -0.39 is 0 Å². The lowest BCUT2D eigenvalue weighted by Gasteiger charge is -2.07. The Morgan fingerprint density at radius 3 is 2.59 bits per heavy atom. The molecule has 96 valence electrons. The molecule has 0 saturated heterocycles. The van der Waals surface area contributed by atoms with Crippen LogP contribution in [0.15, 0.2) is 24.3 Å². The van der Waals surface area contributed by atoms with Crippen molar-refractivity contribution in [1.82, 2.24) is 5.32 Å². The maximum Gasteiger partial charge on any atom is 0.221 e. The lowest BCUT2D eigenvalue weighted by molar-refractivity contribution is -0.120. The average molecular weight is 263 g/mol. The molecule has 1 aromatic rings. The largest absolute Gasteiger partial charge is 0.492 e. The second kappa shape index (κ2) is 8.78. The van der Waals surface area contributed by atoms with Crippen molar-refractivity contribution < 1.29 is 13.9 Å². The molecule has 0 aliphatic heterocycles. The molecule has 0 aromatic heterocycles. The fourth-order valence-electron chi connectivity index (χ4n) is 1.11. The molecule has 17 heavy (non-hydrogen) atoms. The number of carbonyl (C=O) groups is 1. The molecule has 1 aromatic carbocycles. The highest BCUT2D eigenvalue weighted by atomic mass is 35.5. The molecule has 0 atom stereocenters. The lowest BCUT2D eigenvalue weighted by atomic mass is 10.3. The molecule has 3 N–H and O–H groups in total. The van der Waals surface area contributed by atoms with E-state index in [1.54, 1.807) is 0 Å². The second-order valence-electron chi connectivity index (χ2n) is 3.19. The minimum atomic E-state index is -0.302. The Balaban J connectivity index is 0.00000256. The van der Waals surface area contributed by atoms with Gasteiger partial charge in [0.05, 0.1) is 6.54 Å². The van der Waals surface area contributed by atoms with Crippen molar-refractivity contribution in [2.75, 3.05) is 19.7 Å². The molecule has 0 unspecified atom stereocenters. The molecule has 0 radical (unpaired) electrons. The van der Waals surface area contributed by atoms with Crippen molar-refractivity contribution in [2.24, 2.45) is 5.73 Å². The zero-order chi connectivity index (χ0) is 11.8. The van der Waals surface area contributed by atoms with Gasteiger partial charge in [0, 0.05) is 13.0 Å². The fraction of sp³-hybridized carbons (Fsp3) is 0.364. The van der Waals surface area contributed by atoms with Crippen molar-refractivity contribution in [3.05, 3.63) is 30.1 Å². The molecule has 0 fully saturated rings. The average Bonchev–Trinajstić information content (AvgIpc) is 2.27. The number of carbonyl (C=O) groups excluding carboxylic acids is 1. The van der Waals surface area contributed by atoms with Crippen LogP contribution in [0, 0.1) is 5.82 Å². The summed E-state index contributed by atoms with van der Waals surface area (Å²) in [5.41, 5.74) is 5.21. The number of benzene rings is 1. The first-order valence-electron chi connectivity index (χ1n) is 5.07. The molecule has 0 aliphatic carbocycles. The first-order chi connectivity index (χ1) is 7.72. The van der Waals surface area contributed by atoms with Crippen LogP contribution in [0.25, 0.3) is 0 Å². The minimum Gasteiger partial charge on any atom is -0.492 e. The molecule has 0 saturated carbocycles. The van der Waals surface area contributed by atoms with Gasteiger partial charge in [-0.1, -0.05) is 0 Å². The third kappa shape index (κ3) is 6.76. The van der Waals surface area contributed by atoms with Crippen LogP contribution in [0.1, 0.15) is 6.42 Å². The zero-order valence-electron chi connectivity index (χ0n) is 9.32. The molecular formula is C11H16ClFN2O2.